The van der Waals surface area contributed by atoms with Crippen molar-refractivity contribution in [3.63, 3.8) is 0 Å². The SMILES string of the molecule is Cc1nc(-c2ccc(N3CCN(C(=O)NC(c4ccccc4)c4ccccc4)CC3)nc2)no1. The Morgan fingerprint density at radius 3 is 2.09 bits per heavy atom. The Kier molecular flexibility index (Phi) is 6.20. The molecule has 1 fully saturated rings. The van der Waals surface area contributed by atoms with Crippen LogP contribution in [0.4, 0.5) is 10.6 Å². The van der Waals surface area contributed by atoms with Crippen LogP contribution in [0.2, 0.25) is 0 Å². The molecular weight excluding hydrogens is 428 g/mol. The fraction of sp³-hybridized carbons (Fsp3) is 0.231. The van der Waals surface area contributed by atoms with Gasteiger partial charge in [-0.1, -0.05) is 65.8 Å². The number of nitrogens with zero attached hydrogens (tertiary/aromatic N) is 5. The number of benzene rings is 2. The molecular formula is C26H26N6O2. The van der Waals surface area contributed by atoms with Gasteiger partial charge < -0.3 is 19.6 Å². The van der Waals surface area contributed by atoms with Crippen LogP contribution in [-0.2, 0) is 0 Å². The summed E-state index contributed by atoms with van der Waals surface area (Å²) in [4.78, 5) is 26.0. The van der Waals surface area contributed by atoms with Crippen LogP contribution in [0.1, 0.15) is 23.1 Å². The molecule has 0 unspecified atom stereocenters. The van der Waals surface area contributed by atoms with E-state index in [2.05, 4.69) is 25.3 Å². The Labute approximate surface area is 198 Å². The van der Waals surface area contributed by atoms with Gasteiger partial charge in [-0.05, 0) is 23.3 Å². The molecule has 1 aliphatic heterocycles. The molecule has 4 aromatic rings. The van der Waals surface area contributed by atoms with Crippen molar-refractivity contribution in [3.8, 4) is 11.4 Å². The number of hydrogen-bond donors (Lipinski definition) is 1. The van der Waals surface area contributed by atoms with E-state index in [-0.39, 0.29) is 12.1 Å². The average molecular weight is 455 g/mol. The number of pyridine rings is 1. The summed E-state index contributed by atoms with van der Waals surface area (Å²) in [5, 5.41) is 7.17. The Morgan fingerprint density at radius 2 is 1.56 bits per heavy atom. The first-order chi connectivity index (χ1) is 16.7. The number of aromatic nitrogens is 3. The van der Waals surface area contributed by atoms with Gasteiger partial charge in [0, 0.05) is 44.9 Å². The fourth-order valence-electron chi connectivity index (χ4n) is 4.13. The molecule has 2 aromatic heterocycles. The van der Waals surface area contributed by atoms with Crippen LogP contribution in [0.5, 0.6) is 0 Å². The highest BCUT2D eigenvalue weighted by atomic mass is 16.5. The lowest BCUT2D eigenvalue weighted by molar-refractivity contribution is 0.192. The van der Waals surface area contributed by atoms with Gasteiger partial charge in [-0.25, -0.2) is 9.78 Å². The molecule has 0 aliphatic carbocycles. The molecule has 2 amide bonds. The van der Waals surface area contributed by atoms with Crippen LogP contribution >= 0.6 is 0 Å². The van der Waals surface area contributed by atoms with Gasteiger partial charge in [0.2, 0.25) is 11.7 Å². The number of piperazine rings is 1. The molecule has 2 aromatic carbocycles. The van der Waals surface area contributed by atoms with Crippen LogP contribution in [0.15, 0.2) is 83.5 Å². The topological polar surface area (TPSA) is 87.4 Å². The molecule has 1 saturated heterocycles. The van der Waals surface area contributed by atoms with Crippen LogP contribution in [0.3, 0.4) is 0 Å². The van der Waals surface area contributed by atoms with E-state index in [1.54, 1.807) is 13.1 Å². The average Bonchev–Trinajstić information content (AvgIpc) is 3.34. The highest BCUT2D eigenvalue weighted by Crippen LogP contribution is 2.23. The molecule has 0 radical (unpaired) electrons. The molecule has 0 spiro atoms. The van der Waals surface area contributed by atoms with E-state index in [1.165, 1.54) is 0 Å². The smallest absolute Gasteiger partial charge is 0.318 e. The first-order valence-electron chi connectivity index (χ1n) is 11.3. The Bertz CT molecular complexity index is 1180. The molecule has 172 valence electrons. The quantitative estimate of drug-likeness (QED) is 0.489. The maximum Gasteiger partial charge on any atom is 0.318 e. The van der Waals surface area contributed by atoms with Gasteiger partial charge in [-0.3, -0.25) is 0 Å². The second-order valence-electron chi connectivity index (χ2n) is 8.22. The minimum Gasteiger partial charge on any atom is -0.353 e. The van der Waals surface area contributed by atoms with Crippen LogP contribution in [-0.4, -0.2) is 52.2 Å². The van der Waals surface area contributed by atoms with Gasteiger partial charge in [0.1, 0.15) is 5.82 Å². The maximum absolute atomic E-state index is 13.2. The minimum absolute atomic E-state index is 0.0619. The molecule has 0 atom stereocenters. The Morgan fingerprint density at radius 1 is 0.912 bits per heavy atom. The number of rotatable bonds is 5. The summed E-state index contributed by atoms with van der Waals surface area (Å²) in [7, 11) is 0. The number of nitrogens with one attached hydrogen (secondary N) is 1. The number of carbonyl (C=O) groups excluding carboxylic acids is 1. The van der Waals surface area contributed by atoms with Gasteiger partial charge in [0.05, 0.1) is 6.04 Å². The van der Waals surface area contributed by atoms with Crippen molar-refractivity contribution in [2.45, 2.75) is 13.0 Å². The number of amides is 2. The number of anilines is 1. The van der Waals surface area contributed by atoms with E-state index in [4.69, 9.17) is 4.52 Å². The number of carbonyl (C=O) groups is 1. The molecule has 0 bridgehead atoms. The highest BCUT2D eigenvalue weighted by Gasteiger charge is 2.25. The van der Waals surface area contributed by atoms with Crippen LogP contribution in [0, 0.1) is 6.92 Å². The normalized spacial score (nSPS) is 13.8. The molecule has 1 N–H and O–H groups in total. The lowest BCUT2D eigenvalue weighted by Crippen LogP contribution is -2.52. The summed E-state index contributed by atoms with van der Waals surface area (Å²) in [5.74, 6) is 1.93. The largest absolute Gasteiger partial charge is 0.353 e. The van der Waals surface area contributed by atoms with E-state index in [9.17, 15) is 4.79 Å². The zero-order chi connectivity index (χ0) is 23.3. The van der Waals surface area contributed by atoms with Crippen molar-refractivity contribution in [1.82, 2.24) is 25.3 Å². The van der Waals surface area contributed by atoms with E-state index < -0.39 is 0 Å². The van der Waals surface area contributed by atoms with E-state index in [0.29, 0.717) is 37.9 Å². The molecule has 3 heterocycles. The van der Waals surface area contributed by atoms with Gasteiger partial charge >= 0.3 is 6.03 Å². The third-order valence-electron chi connectivity index (χ3n) is 5.96. The third kappa shape index (κ3) is 4.76. The fourth-order valence-corrected chi connectivity index (χ4v) is 4.13. The van der Waals surface area contributed by atoms with Crippen LogP contribution in [0.25, 0.3) is 11.4 Å². The number of aryl methyl sites for hydroxylation is 1. The Balaban J connectivity index is 1.22. The minimum atomic E-state index is -0.198. The summed E-state index contributed by atoms with van der Waals surface area (Å²) in [6.07, 6.45) is 1.75. The third-order valence-corrected chi connectivity index (χ3v) is 5.96. The molecule has 1 aliphatic rings. The van der Waals surface area contributed by atoms with Crippen molar-refractivity contribution < 1.29 is 9.32 Å². The van der Waals surface area contributed by atoms with Gasteiger partial charge in [-0.2, -0.15) is 4.98 Å². The highest BCUT2D eigenvalue weighted by molar-refractivity contribution is 5.75. The summed E-state index contributed by atoms with van der Waals surface area (Å²) >= 11 is 0. The zero-order valence-electron chi connectivity index (χ0n) is 19.0. The van der Waals surface area contributed by atoms with E-state index in [1.807, 2.05) is 77.7 Å². The first-order valence-corrected chi connectivity index (χ1v) is 11.3. The lowest BCUT2D eigenvalue weighted by atomic mass is 9.99. The van der Waals surface area contributed by atoms with Crippen molar-refractivity contribution in [3.05, 3.63) is 96.0 Å². The van der Waals surface area contributed by atoms with Crippen molar-refractivity contribution in [1.29, 1.82) is 0 Å². The Hall–Kier alpha value is -4.20. The predicted molar refractivity (Wildman–Crippen MR) is 129 cm³/mol. The molecule has 5 rings (SSSR count). The molecule has 8 heteroatoms. The van der Waals surface area contributed by atoms with Crippen molar-refractivity contribution >= 4 is 11.8 Å². The zero-order valence-corrected chi connectivity index (χ0v) is 19.0. The second-order valence-corrected chi connectivity index (χ2v) is 8.22. The van der Waals surface area contributed by atoms with E-state index >= 15 is 0 Å². The van der Waals surface area contributed by atoms with Crippen LogP contribution < -0.4 is 10.2 Å². The standard InChI is InChI=1S/C26H26N6O2/c1-19-28-25(30-34-19)22-12-13-23(27-18-22)31-14-16-32(17-15-31)26(33)29-24(20-8-4-2-5-9-20)21-10-6-3-7-11-21/h2-13,18,24H,14-17H2,1H3,(H,29,33). The monoisotopic (exact) mass is 454 g/mol. The molecule has 34 heavy (non-hydrogen) atoms. The van der Waals surface area contributed by atoms with Crippen molar-refractivity contribution in [2.24, 2.45) is 0 Å². The second kappa shape index (κ2) is 9.74. The van der Waals surface area contributed by atoms with Gasteiger partial charge in [-0.15, -0.1) is 0 Å². The van der Waals surface area contributed by atoms with Crippen molar-refractivity contribution in [2.75, 3.05) is 31.1 Å². The molecule has 0 saturated carbocycles. The number of urea groups is 1. The summed E-state index contributed by atoms with van der Waals surface area (Å²) in [5.41, 5.74) is 2.93. The summed E-state index contributed by atoms with van der Waals surface area (Å²) in [6, 6.07) is 23.7. The number of hydrogen-bond acceptors (Lipinski definition) is 6. The van der Waals surface area contributed by atoms with Gasteiger partial charge in [0.25, 0.3) is 0 Å². The maximum atomic E-state index is 13.2. The predicted octanol–water partition coefficient (Wildman–Crippen LogP) is 4.06. The molecule has 8 nitrogen and oxygen atoms in total. The van der Waals surface area contributed by atoms with E-state index in [0.717, 1.165) is 22.5 Å². The lowest BCUT2D eigenvalue weighted by Gasteiger charge is -2.36. The first kappa shape index (κ1) is 21.6. The van der Waals surface area contributed by atoms with Gasteiger partial charge in [0.15, 0.2) is 0 Å². The summed E-state index contributed by atoms with van der Waals surface area (Å²) in [6.45, 7) is 4.42. The summed E-state index contributed by atoms with van der Waals surface area (Å²) < 4.78 is 5.04.